The van der Waals surface area contributed by atoms with Crippen LogP contribution >= 0.6 is 0 Å². The second kappa shape index (κ2) is 6.70. The largest absolute Gasteiger partial charge is 0.377 e. The third-order valence-corrected chi connectivity index (χ3v) is 4.62. The number of rotatable bonds is 5. The summed E-state index contributed by atoms with van der Waals surface area (Å²) in [5.74, 6) is 0. The van der Waals surface area contributed by atoms with Crippen molar-refractivity contribution in [1.29, 1.82) is 0 Å². The lowest BCUT2D eigenvalue weighted by Gasteiger charge is -2.43. The van der Waals surface area contributed by atoms with Gasteiger partial charge in [0, 0.05) is 26.2 Å². The van der Waals surface area contributed by atoms with Crippen LogP contribution in [-0.2, 0) is 11.2 Å². The number of nitrogens with two attached hydrogens (primary N) is 1. The van der Waals surface area contributed by atoms with Crippen LogP contribution in [0.25, 0.3) is 0 Å². The molecule has 0 saturated carbocycles. The summed E-state index contributed by atoms with van der Waals surface area (Å²) in [5.41, 5.74) is 8.72. The highest BCUT2D eigenvalue weighted by atomic mass is 16.5. The van der Waals surface area contributed by atoms with Crippen molar-refractivity contribution in [2.24, 2.45) is 5.73 Å². The van der Waals surface area contributed by atoms with Gasteiger partial charge in [-0.15, -0.1) is 0 Å². The quantitative estimate of drug-likeness (QED) is 0.898. The Morgan fingerprint density at radius 1 is 1.35 bits per heavy atom. The molecule has 2 unspecified atom stereocenters. The molecule has 0 radical (unpaired) electrons. The molecule has 0 bridgehead atoms. The number of aryl methyl sites for hydroxylation is 1. The SMILES string of the molecule is CCc1ccc(C(CN)N2CCCC(C)(OC)C2)cc1. The predicted molar refractivity (Wildman–Crippen MR) is 83.8 cm³/mol. The topological polar surface area (TPSA) is 38.5 Å². The third-order valence-electron chi connectivity index (χ3n) is 4.62. The van der Waals surface area contributed by atoms with Crippen LogP contribution in [0.15, 0.2) is 24.3 Å². The summed E-state index contributed by atoms with van der Waals surface area (Å²) in [5, 5.41) is 0. The van der Waals surface area contributed by atoms with E-state index < -0.39 is 0 Å². The second-order valence-electron chi connectivity index (χ2n) is 6.07. The Balaban J connectivity index is 2.14. The van der Waals surface area contributed by atoms with E-state index >= 15 is 0 Å². The van der Waals surface area contributed by atoms with Crippen LogP contribution in [-0.4, -0.2) is 37.2 Å². The molecule has 1 aromatic rings. The van der Waals surface area contributed by atoms with Gasteiger partial charge in [-0.1, -0.05) is 31.2 Å². The van der Waals surface area contributed by atoms with Gasteiger partial charge >= 0.3 is 0 Å². The summed E-state index contributed by atoms with van der Waals surface area (Å²) < 4.78 is 5.69. The van der Waals surface area contributed by atoms with E-state index in [4.69, 9.17) is 10.5 Å². The second-order valence-corrected chi connectivity index (χ2v) is 6.07. The first kappa shape index (κ1) is 15.5. The first-order chi connectivity index (χ1) is 9.61. The van der Waals surface area contributed by atoms with Gasteiger partial charge in [0.2, 0.25) is 0 Å². The van der Waals surface area contributed by atoms with E-state index in [1.165, 1.54) is 17.5 Å². The molecule has 2 atom stereocenters. The smallest absolute Gasteiger partial charge is 0.0777 e. The Morgan fingerprint density at radius 2 is 2.05 bits per heavy atom. The average molecular weight is 276 g/mol. The standard InChI is InChI=1S/C17H28N2O/c1-4-14-6-8-15(9-7-14)16(12-18)19-11-5-10-17(2,13-19)20-3/h6-9,16H,4-5,10-13,18H2,1-3H3. The van der Waals surface area contributed by atoms with Crippen molar-refractivity contribution in [3.8, 4) is 0 Å². The minimum absolute atomic E-state index is 0.0327. The lowest BCUT2D eigenvalue weighted by molar-refractivity contribution is -0.0608. The molecule has 1 aliphatic rings. The molecule has 0 aromatic heterocycles. The van der Waals surface area contributed by atoms with Gasteiger partial charge in [0.1, 0.15) is 0 Å². The normalized spacial score (nSPS) is 25.6. The fourth-order valence-corrected chi connectivity index (χ4v) is 3.15. The fraction of sp³-hybridized carbons (Fsp3) is 0.647. The van der Waals surface area contributed by atoms with Crippen LogP contribution in [0, 0.1) is 0 Å². The van der Waals surface area contributed by atoms with Crippen molar-refractivity contribution in [2.45, 2.75) is 44.8 Å². The van der Waals surface area contributed by atoms with Crippen molar-refractivity contribution in [2.75, 3.05) is 26.7 Å². The van der Waals surface area contributed by atoms with E-state index in [1.807, 2.05) is 7.11 Å². The molecule has 1 aromatic carbocycles. The summed E-state index contributed by atoms with van der Waals surface area (Å²) in [4.78, 5) is 2.48. The molecule has 1 saturated heterocycles. The van der Waals surface area contributed by atoms with Crippen LogP contribution < -0.4 is 5.73 Å². The Kier molecular flexibility index (Phi) is 5.19. The molecule has 0 amide bonds. The van der Waals surface area contributed by atoms with E-state index in [9.17, 15) is 0 Å². The Hall–Kier alpha value is -0.900. The number of ether oxygens (including phenoxy) is 1. The number of hydrogen-bond acceptors (Lipinski definition) is 3. The molecule has 2 N–H and O–H groups in total. The molecule has 3 heteroatoms. The molecule has 0 aliphatic carbocycles. The van der Waals surface area contributed by atoms with Gasteiger partial charge in [-0.25, -0.2) is 0 Å². The third kappa shape index (κ3) is 3.40. The zero-order valence-electron chi connectivity index (χ0n) is 13.1. The maximum absolute atomic E-state index is 6.05. The van der Waals surface area contributed by atoms with Crippen LogP contribution in [0.1, 0.15) is 43.9 Å². The molecular formula is C17H28N2O. The summed E-state index contributed by atoms with van der Waals surface area (Å²) in [6.07, 6.45) is 3.39. The van der Waals surface area contributed by atoms with Gasteiger partial charge in [0.25, 0.3) is 0 Å². The zero-order valence-corrected chi connectivity index (χ0v) is 13.1. The van der Waals surface area contributed by atoms with Gasteiger partial charge in [0.05, 0.1) is 5.60 Å². The Labute approximate surface area is 123 Å². The fourth-order valence-electron chi connectivity index (χ4n) is 3.15. The van der Waals surface area contributed by atoms with Crippen LogP contribution in [0.3, 0.4) is 0 Å². The van der Waals surface area contributed by atoms with E-state index in [0.717, 1.165) is 25.9 Å². The van der Waals surface area contributed by atoms with E-state index in [1.54, 1.807) is 0 Å². The molecule has 2 rings (SSSR count). The summed E-state index contributed by atoms with van der Waals surface area (Å²) >= 11 is 0. The lowest BCUT2D eigenvalue weighted by Crippen LogP contribution is -2.49. The van der Waals surface area contributed by atoms with Crippen LogP contribution in [0.4, 0.5) is 0 Å². The number of hydrogen-bond donors (Lipinski definition) is 1. The minimum atomic E-state index is -0.0327. The monoisotopic (exact) mass is 276 g/mol. The maximum Gasteiger partial charge on any atom is 0.0777 e. The molecule has 112 valence electrons. The highest BCUT2D eigenvalue weighted by Gasteiger charge is 2.33. The molecule has 0 spiro atoms. The average Bonchev–Trinajstić information content (AvgIpc) is 2.49. The van der Waals surface area contributed by atoms with Crippen LogP contribution in [0.5, 0.6) is 0 Å². The minimum Gasteiger partial charge on any atom is -0.377 e. The van der Waals surface area contributed by atoms with Crippen molar-refractivity contribution in [1.82, 2.24) is 4.90 Å². The molecule has 3 nitrogen and oxygen atoms in total. The maximum atomic E-state index is 6.05. The molecular weight excluding hydrogens is 248 g/mol. The van der Waals surface area contributed by atoms with Gasteiger partial charge in [0.15, 0.2) is 0 Å². The molecule has 1 heterocycles. The van der Waals surface area contributed by atoms with E-state index in [2.05, 4.69) is 43.0 Å². The van der Waals surface area contributed by atoms with Gasteiger partial charge in [-0.2, -0.15) is 0 Å². The first-order valence-corrected chi connectivity index (χ1v) is 7.70. The van der Waals surface area contributed by atoms with Crippen molar-refractivity contribution in [3.63, 3.8) is 0 Å². The van der Waals surface area contributed by atoms with Gasteiger partial charge in [-0.3, -0.25) is 4.90 Å². The summed E-state index contributed by atoms with van der Waals surface area (Å²) in [6, 6.07) is 9.20. The number of methoxy groups -OCH3 is 1. The van der Waals surface area contributed by atoms with Crippen molar-refractivity contribution in [3.05, 3.63) is 35.4 Å². The van der Waals surface area contributed by atoms with Crippen LogP contribution in [0.2, 0.25) is 0 Å². The number of nitrogens with zero attached hydrogens (tertiary/aromatic N) is 1. The van der Waals surface area contributed by atoms with E-state index in [0.29, 0.717) is 12.6 Å². The summed E-state index contributed by atoms with van der Waals surface area (Å²) in [6.45, 7) is 7.11. The highest BCUT2D eigenvalue weighted by Crippen LogP contribution is 2.30. The van der Waals surface area contributed by atoms with Crippen molar-refractivity contribution >= 4 is 0 Å². The number of benzene rings is 1. The predicted octanol–water partition coefficient (Wildman–Crippen LogP) is 2.75. The Bertz CT molecular complexity index is 418. The number of likely N-dealkylation sites (tertiary alicyclic amines) is 1. The molecule has 1 aliphatic heterocycles. The highest BCUT2D eigenvalue weighted by molar-refractivity contribution is 5.25. The number of piperidine rings is 1. The van der Waals surface area contributed by atoms with Gasteiger partial charge in [-0.05, 0) is 43.9 Å². The zero-order chi connectivity index (χ0) is 14.6. The summed E-state index contributed by atoms with van der Waals surface area (Å²) in [7, 11) is 1.82. The Morgan fingerprint density at radius 3 is 2.60 bits per heavy atom. The lowest BCUT2D eigenvalue weighted by atomic mass is 9.92. The van der Waals surface area contributed by atoms with E-state index in [-0.39, 0.29) is 5.60 Å². The van der Waals surface area contributed by atoms with Gasteiger partial charge < -0.3 is 10.5 Å². The van der Waals surface area contributed by atoms with Crippen molar-refractivity contribution < 1.29 is 4.74 Å². The first-order valence-electron chi connectivity index (χ1n) is 7.70. The molecule has 20 heavy (non-hydrogen) atoms. The molecule has 1 fully saturated rings.